The third-order valence-corrected chi connectivity index (χ3v) is 6.53. The Morgan fingerprint density at radius 2 is 1.34 bits per heavy atom. The van der Waals surface area contributed by atoms with Crippen LogP contribution in [0.2, 0.25) is 0 Å². The molecule has 1 N–H and O–H groups in total. The van der Waals surface area contributed by atoms with Crippen LogP contribution in [0.25, 0.3) is 22.3 Å². The summed E-state index contributed by atoms with van der Waals surface area (Å²) in [6.45, 7) is 14.7. The van der Waals surface area contributed by atoms with E-state index in [1.54, 1.807) is 86.6 Å². The molecule has 0 aliphatic heterocycles. The maximum absolute atomic E-state index is 14.2. The number of methoxy groups -OCH3 is 1. The Bertz CT molecular complexity index is 1880. The molecule has 4 amide bonds. The average molecular weight is 693 g/mol. The second-order valence-corrected chi connectivity index (χ2v) is 14.2. The minimum atomic E-state index is -1.02. The topological polar surface area (TPSA) is 166 Å². The van der Waals surface area contributed by atoms with E-state index in [0.29, 0.717) is 21.7 Å². The highest BCUT2D eigenvalue weighted by Gasteiger charge is 2.36. The molecule has 2 aromatic carbocycles. The van der Waals surface area contributed by atoms with Gasteiger partial charge in [0.05, 0.1) is 30.3 Å². The Balaban J connectivity index is 1.75. The summed E-state index contributed by atoms with van der Waals surface area (Å²) in [6, 6.07) is 10.1. The molecule has 0 aliphatic carbocycles. The van der Waals surface area contributed by atoms with Crippen molar-refractivity contribution in [3.63, 3.8) is 0 Å². The molecule has 0 atom stereocenters. The first-order valence-corrected chi connectivity index (χ1v) is 15.6. The Morgan fingerprint density at radius 3 is 1.88 bits per heavy atom. The molecular formula is C35H41FN6O8. The number of aromatic nitrogens is 4. The number of carbonyl (C=O) groups excluding carboxylic acids is 4. The molecule has 2 aromatic heterocycles. The van der Waals surface area contributed by atoms with Gasteiger partial charge >= 0.3 is 18.3 Å². The van der Waals surface area contributed by atoms with Crippen LogP contribution in [0.1, 0.15) is 78.2 Å². The van der Waals surface area contributed by atoms with E-state index in [0.717, 1.165) is 23.4 Å². The number of carbonyl (C=O) groups is 4. The highest BCUT2D eigenvalue weighted by atomic mass is 19.1. The highest BCUT2D eigenvalue weighted by Crippen LogP contribution is 2.34. The Hall–Kier alpha value is -5.60. The highest BCUT2D eigenvalue weighted by molar-refractivity contribution is 6.15. The number of nitrogens with one attached hydrogen (secondary N) is 1. The summed E-state index contributed by atoms with van der Waals surface area (Å²) in [4.78, 5) is 63.8. The van der Waals surface area contributed by atoms with Gasteiger partial charge in [-0.25, -0.2) is 33.6 Å². The van der Waals surface area contributed by atoms with E-state index in [1.807, 2.05) is 0 Å². The summed E-state index contributed by atoms with van der Waals surface area (Å²) in [5, 5.41) is 7.36. The second kappa shape index (κ2) is 14.1. The molecule has 14 nitrogen and oxygen atoms in total. The van der Waals surface area contributed by atoms with E-state index in [9.17, 15) is 23.6 Å². The number of benzene rings is 2. The second-order valence-electron chi connectivity index (χ2n) is 14.2. The van der Waals surface area contributed by atoms with E-state index in [1.165, 1.54) is 13.2 Å². The van der Waals surface area contributed by atoms with Gasteiger partial charge in [-0.15, -0.1) is 0 Å². The predicted molar refractivity (Wildman–Crippen MR) is 181 cm³/mol. The van der Waals surface area contributed by atoms with Gasteiger partial charge < -0.3 is 18.9 Å². The molecule has 0 saturated carbocycles. The first-order chi connectivity index (χ1) is 23.2. The van der Waals surface area contributed by atoms with Crippen molar-refractivity contribution < 1.29 is 42.5 Å². The third-order valence-electron chi connectivity index (χ3n) is 6.53. The number of amides is 4. The van der Waals surface area contributed by atoms with Crippen LogP contribution >= 0.6 is 0 Å². The number of rotatable bonds is 6. The lowest BCUT2D eigenvalue weighted by Crippen LogP contribution is -2.44. The van der Waals surface area contributed by atoms with Gasteiger partial charge in [0.2, 0.25) is 0 Å². The van der Waals surface area contributed by atoms with E-state index in [2.05, 4.69) is 20.2 Å². The Labute approximate surface area is 288 Å². The van der Waals surface area contributed by atoms with Crippen molar-refractivity contribution in [3.8, 4) is 17.0 Å². The minimum Gasteiger partial charge on any atom is -0.496 e. The lowest BCUT2D eigenvalue weighted by molar-refractivity contribution is 0.0224. The predicted octanol–water partition coefficient (Wildman–Crippen LogP) is 7.42. The number of halogens is 1. The number of imide groups is 2. The molecule has 266 valence electrons. The van der Waals surface area contributed by atoms with Crippen molar-refractivity contribution >= 4 is 41.0 Å². The molecule has 0 aliphatic rings. The molecule has 4 rings (SSSR count). The van der Waals surface area contributed by atoms with Crippen LogP contribution in [0.3, 0.4) is 0 Å². The summed E-state index contributed by atoms with van der Waals surface area (Å²) in [7, 11) is 1.33. The van der Waals surface area contributed by atoms with Crippen LogP contribution in [-0.2, 0) is 20.8 Å². The Kier molecular flexibility index (Phi) is 10.5. The maximum atomic E-state index is 14.2. The summed E-state index contributed by atoms with van der Waals surface area (Å²) in [5.74, 6) is -1.56. The number of H-pyrrole nitrogens is 1. The number of hydrogen-bond acceptors (Lipinski definition) is 11. The number of ether oxygens (including phenoxy) is 4. The van der Waals surface area contributed by atoms with Gasteiger partial charge in [-0.1, -0.05) is 24.3 Å². The quantitative estimate of drug-likeness (QED) is 0.200. The van der Waals surface area contributed by atoms with E-state index in [4.69, 9.17) is 18.9 Å². The van der Waals surface area contributed by atoms with Crippen LogP contribution in [-0.4, -0.2) is 73.2 Å². The molecule has 50 heavy (non-hydrogen) atoms. The third kappa shape index (κ3) is 9.09. The minimum absolute atomic E-state index is 0.0799. The van der Waals surface area contributed by atoms with Gasteiger partial charge in [0.15, 0.2) is 11.5 Å². The van der Waals surface area contributed by atoms with Crippen LogP contribution in [0.4, 0.5) is 24.6 Å². The lowest BCUT2D eigenvalue weighted by atomic mass is 10.1. The zero-order valence-electron chi connectivity index (χ0n) is 29.7. The van der Waals surface area contributed by atoms with Crippen molar-refractivity contribution in [2.24, 2.45) is 0 Å². The van der Waals surface area contributed by atoms with E-state index < -0.39 is 46.8 Å². The Morgan fingerprint density at radius 1 is 0.780 bits per heavy atom. The van der Waals surface area contributed by atoms with Gasteiger partial charge in [0.1, 0.15) is 34.7 Å². The normalized spacial score (nSPS) is 11.9. The smallest absolute Gasteiger partial charge is 0.425 e. The van der Waals surface area contributed by atoms with Crippen LogP contribution in [0.15, 0.2) is 48.8 Å². The summed E-state index contributed by atoms with van der Waals surface area (Å²) in [5.41, 5.74) is -1.46. The van der Waals surface area contributed by atoms with E-state index in [-0.39, 0.29) is 34.7 Å². The SMILES string of the molecule is COc1ccc(F)cc1C(=O)N(Cc1ccc(-c2[nH]nc3ncnc(N(C(=O)OC(C)(C)C)C(=O)OC(C)(C)C)c23)cc1)C(=O)OC(C)(C)C. The summed E-state index contributed by atoms with van der Waals surface area (Å²) < 4.78 is 36.0. The number of fused-ring (bicyclic) bond motifs is 1. The molecule has 4 aromatic rings. The van der Waals surface area contributed by atoms with Gasteiger partial charge in [0.25, 0.3) is 5.91 Å². The number of aromatic amines is 1. The zero-order chi connectivity index (χ0) is 37.2. The standard InChI is InChI=1S/C35H41FN6O8/c1-33(2,3)48-30(44)41(29(43)23-17-22(36)15-16-24(23)47-10)18-20-11-13-21(14-12-20)26-25-27(40-39-26)37-19-38-28(25)42(31(45)49-34(4,5)6)32(46)50-35(7,8)9/h11-17,19H,18H2,1-10H3,(H,37,38,39,40). The first kappa shape index (κ1) is 37.2. The zero-order valence-corrected chi connectivity index (χ0v) is 29.7. The van der Waals surface area contributed by atoms with Crippen LogP contribution in [0, 0.1) is 5.82 Å². The largest absolute Gasteiger partial charge is 0.496 e. The van der Waals surface area contributed by atoms with Gasteiger partial charge in [0, 0.05) is 5.56 Å². The molecule has 0 bridgehead atoms. The molecule has 0 spiro atoms. The molecular weight excluding hydrogens is 651 g/mol. The van der Waals surface area contributed by atoms with Crippen molar-refractivity contribution in [1.82, 2.24) is 25.1 Å². The fourth-order valence-corrected chi connectivity index (χ4v) is 4.57. The number of hydrogen-bond donors (Lipinski definition) is 1. The van der Waals surface area contributed by atoms with Gasteiger partial charge in [-0.3, -0.25) is 9.89 Å². The fourth-order valence-electron chi connectivity index (χ4n) is 4.57. The van der Waals surface area contributed by atoms with Crippen molar-refractivity contribution in [2.75, 3.05) is 12.0 Å². The molecule has 15 heteroatoms. The molecule has 0 fully saturated rings. The van der Waals surface area contributed by atoms with Crippen molar-refractivity contribution in [3.05, 3.63) is 65.7 Å². The first-order valence-electron chi connectivity index (χ1n) is 15.6. The molecule has 2 heterocycles. The molecule has 0 saturated heterocycles. The maximum Gasteiger partial charge on any atom is 0.425 e. The van der Waals surface area contributed by atoms with Crippen molar-refractivity contribution in [1.29, 1.82) is 0 Å². The summed E-state index contributed by atoms with van der Waals surface area (Å²) >= 11 is 0. The number of nitrogens with zero attached hydrogens (tertiary/aromatic N) is 5. The molecule has 0 radical (unpaired) electrons. The van der Waals surface area contributed by atoms with Crippen LogP contribution in [0.5, 0.6) is 5.75 Å². The molecule has 0 unspecified atom stereocenters. The monoisotopic (exact) mass is 692 g/mol. The fraction of sp³-hybridized carbons (Fsp3) is 0.400. The lowest BCUT2D eigenvalue weighted by Gasteiger charge is -2.28. The van der Waals surface area contributed by atoms with Crippen molar-refractivity contribution in [2.45, 2.75) is 85.7 Å². The van der Waals surface area contributed by atoms with E-state index >= 15 is 0 Å². The van der Waals surface area contributed by atoms with Crippen LogP contribution < -0.4 is 9.64 Å². The average Bonchev–Trinajstić information content (AvgIpc) is 3.42. The number of anilines is 1. The summed E-state index contributed by atoms with van der Waals surface area (Å²) in [6.07, 6.45) is -1.82. The van der Waals surface area contributed by atoms with Gasteiger partial charge in [-0.2, -0.15) is 10.00 Å². The van der Waals surface area contributed by atoms with Gasteiger partial charge in [-0.05, 0) is 86.1 Å².